The first-order chi connectivity index (χ1) is 13.4. The number of nitrogens with zero attached hydrogens (tertiary/aromatic N) is 1. The van der Waals surface area contributed by atoms with Gasteiger partial charge in [-0.3, -0.25) is 9.59 Å². The smallest absolute Gasteiger partial charge is 0.374 e. The van der Waals surface area contributed by atoms with Gasteiger partial charge in [0.2, 0.25) is 5.76 Å². The Morgan fingerprint density at radius 3 is 2.43 bits per heavy atom. The van der Waals surface area contributed by atoms with E-state index in [1.807, 2.05) is 0 Å². The van der Waals surface area contributed by atoms with Crippen molar-refractivity contribution in [1.29, 1.82) is 5.26 Å². The van der Waals surface area contributed by atoms with E-state index >= 15 is 0 Å². The molecule has 0 atom stereocenters. The van der Waals surface area contributed by atoms with Gasteiger partial charge >= 0.3 is 5.97 Å². The van der Waals surface area contributed by atoms with Crippen molar-refractivity contribution in [2.24, 2.45) is 0 Å². The third-order valence-corrected chi connectivity index (χ3v) is 4.77. The SMILES string of the molecule is CC(=O)c1ccc(-c2ccc(C(=O)OCC(=O)NC3(C#N)CCCC3)o2)cc1. The van der Waals surface area contributed by atoms with E-state index in [0.29, 0.717) is 29.7 Å². The molecule has 1 aromatic heterocycles. The predicted octanol–water partition coefficient (Wildman–Crippen LogP) is 3.26. The van der Waals surface area contributed by atoms with E-state index in [2.05, 4.69) is 11.4 Å². The van der Waals surface area contributed by atoms with E-state index in [4.69, 9.17) is 9.15 Å². The molecule has 1 heterocycles. The van der Waals surface area contributed by atoms with E-state index in [-0.39, 0.29) is 11.5 Å². The molecule has 1 aliphatic rings. The molecule has 0 unspecified atom stereocenters. The van der Waals surface area contributed by atoms with E-state index in [9.17, 15) is 19.6 Å². The average molecular weight is 380 g/mol. The zero-order valence-electron chi connectivity index (χ0n) is 15.5. The van der Waals surface area contributed by atoms with Crippen molar-refractivity contribution in [3.05, 3.63) is 47.7 Å². The summed E-state index contributed by atoms with van der Waals surface area (Å²) in [5.74, 6) is -0.901. The molecule has 1 fully saturated rings. The van der Waals surface area contributed by atoms with Crippen LogP contribution in [0.5, 0.6) is 0 Å². The second-order valence-corrected chi connectivity index (χ2v) is 6.82. The lowest BCUT2D eigenvalue weighted by atomic mass is 10.00. The summed E-state index contributed by atoms with van der Waals surface area (Å²) in [6.07, 6.45) is 2.98. The minimum atomic E-state index is -0.854. The number of hydrogen-bond acceptors (Lipinski definition) is 6. The van der Waals surface area contributed by atoms with E-state index < -0.39 is 24.0 Å². The molecule has 1 amide bonds. The molecule has 28 heavy (non-hydrogen) atoms. The number of ketones is 1. The lowest BCUT2D eigenvalue weighted by Gasteiger charge is -2.21. The third kappa shape index (κ3) is 4.29. The Kier molecular flexibility index (Phi) is 5.59. The Bertz CT molecular complexity index is 930. The molecule has 0 aliphatic heterocycles. The largest absolute Gasteiger partial charge is 0.450 e. The number of furan rings is 1. The standard InChI is InChI=1S/C21H20N2O5/c1-14(24)15-4-6-16(7-5-15)17-8-9-18(28-17)20(26)27-12-19(25)23-21(13-22)10-2-3-11-21/h4-9H,2-3,10-12H2,1H3,(H,23,25). The molecule has 1 N–H and O–H groups in total. The van der Waals surface area contributed by atoms with Crippen LogP contribution in [0.3, 0.4) is 0 Å². The third-order valence-electron chi connectivity index (χ3n) is 4.77. The highest BCUT2D eigenvalue weighted by Gasteiger charge is 2.35. The molecule has 0 radical (unpaired) electrons. The zero-order chi connectivity index (χ0) is 20.1. The van der Waals surface area contributed by atoms with Crippen LogP contribution in [0.15, 0.2) is 40.8 Å². The van der Waals surface area contributed by atoms with Crippen molar-refractivity contribution in [3.8, 4) is 17.4 Å². The number of Topliss-reactive ketones (excluding diaryl/α,β-unsaturated/α-hetero) is 1. The topological polar surface area (TPSA) is 109 Å². The first-order valence-corrected chi connectivity index (χ1v) is 9.03. The van der Waals surface area contributed by atoms with Gasteiger partial charge < -0.3 is 14.5 Å². The van der Waals surface area contributed by atoms with Crippen LogP contribution in [0.25, 0.3) is 11.3 Å². The number of nitriles is 1. The number of carbonyl (C=O) groups excluding carboxylic acids is 3. The highest BCUT2D eigenvalue weighted by Crippen LogP contribution is 2.28. The van der Waals surface area contributed by atoms with Crippen molar-refractivity contribution in [3.63, 3.8) is 0 Å². The number of ether oxygens (including phenoxy) is 1. The lowest BCUT2D eigenvalue weighted by molar-refractivity contribution is -0.125. The van der Waals surface area contributed by atoms with Gasteiger partial charge in [0.1, 0.15) is 11.3 Å². The fourth-order valence-corrected chi connectivity index (χ4v) is 3.22. The number of amides is 1. The van der Waals surface area contributed by atoms with Gasteiger partial charge in [-0.2, -0.15) is 5.26 Å². The van der Waals surface area contributed by atoms with Crippen LogP contribution < -0.4 is 5.32 Å². The maximum atomic E-state index is 12.1. The molecular formula is C21H20N2O5. The summed E-state index contributed by atoms with van der Waals surface area (Å²) in [6, 6.07) is 12.0. The number of rotatable bonds is 6. The van der Waals surface area contributed by atoms with Gasteiger partial charge in [0.25, 0.3) is 5.91 Å². The molecule has 2 aromatic rings. The monoisotopic (exact) mass is 380 g/mol. The Labute approximate surface area is 162 Å². The van der Waals surface area contributed by atoms with E-state index in [1.54, 1.807) is 30.3 Å². The Morgan fingerprint density at radius 2 is 1.82 bits per heavy atom. The van der Waals surface area contributed by atoms with Crippen molar-refractivity contribution in [2.45, 2.75) is 38.1 Å². The van der Waals surface area contributed by atoms with Gasteiger partial charge in [-0.25, -0.2) is 4.79 Å². The first-order valence-electron chi connectivity index (χ1n) is 9.03. The van der Waals surface area contributed by atoms with Crippen LogP contribution in [0.1, 0.15) is 53.5 Å². The number of carbonyl (C=O) groups is 3. The Hall–Kier alpha value is -3.40. The zero-order valence-corrected chi connectivity index (χ0v) is 15.5. The van der Waals surface area contributed by atoms with Crippen molar-refractivity contribution >= 4 is 17.7 Å². The number of esters is 1. The highest BCUT2D eigenvalue weighted by molar-refractivity contribution is 5.94. The summed E-state index contributed by atoms with van der Waals surface area (Å²) in [4.78, 5) is 35.5. The van der Waals surface area contributed by atoms with E-state index in [0.717, 1.165) is 12.8 Å². The van der Waals surface area contributed by atoms with Crippen LogP contribution in [0.4, 0.5) is 0 Å². The van der Waals surface area contributed by atoms with Gasteiger partial charge in [0.15, 0.2) is 12.4 Å². The van der Waals surface area contributed by atoms with Crippen LogP contribution in [-0.2, 0) is 9.53 Å². The molecule has 1 saturated carbocycles. The summed E-state index contributed by atoms with van der Waals surface area (Å²) in [6.45, 7) is 1.00. The van der Waals surface area contributed by atoms with Gasteiger partial charge in [-0.1, -0.05) is 24.3 Å². The molecule has 7 nitrogen and oxygen atoms in total. The molecule has 3 rings (SSSR count). The molecular weight excluding hydrogens is 360 g/mol. The number of hydrogen-bond donors (Lipinski definition) is 1. The van der Waals surface area contributed by atoms with E-state index in [1.165, 1.54) is 13.0 Å². The van der Waals surface area contributed by atoms with Gasteiger partial charge in [-0.05, 0) is 44.7 Å². The van der Waals surface area contributed by atoms with Crippen molar-refractivity contribution < 1.29 is 23.5 Å². The van der Waals surface area contributed by atoms with Crippen LogP contribution in [-0.4, -0.2) is 29.8 Å². The van der Waals surface area contributed by atoms with Gasteiger partial charge in [-0.15, -0.1) is 0 Å². The average Bonchev–Trinajstić information content (AvgIpc) is 3.36. The Balaban J connectivity index is 1.57. The molecule has 1 aromatic carbocycles. The number of nitrogens with one attached hydrogen (secondary N) is 1. The second-order valence-electron chi connectivity index (χ2n) is 6.82. The second kappa shape index (κ2) is 8.09. The maximum Gasteiger partial charge on any atom is 0.374 e. The summed E-state index contributed by atoms with van der Waals surface area (Å²) >= 11 is 0. The highest BCUT2D eigenvalue weighted by atomic mass is 16.5. The molecule has 0 saturated heterocycles. The fourth-order valence-electron chi connectivity index (χ4n) is 3.22. The minimum Gasteiger partial charge on any atom is -0.450 e. The van der Waals surface area contributed by atoms with Crippen LogP contribution in [0.2, 0.25) is 0 Å². The Morgan fingerprint density at radius 1 is 1.14 bits per heavy atom. The molecule has 7 heteroatoms. The lowest BCUT2D eigenvalue weighted by Crippen LogP contribution is -2.46. The summed E-state index contributed by atoms with van der Waals surface area (Å²) in [5.41, 5.74) is 0.435. The first kappa shape index (κ1) is 19.4. The molecule has 144 valence electrons. The number of benzene rings is 1. The van der Waals surface area contributed by atoms with Crippen molar-refractivity contribution in [1.82, 2.24) is 5.32 Å². The molecule has 0 bridgehead atoms. The summed E-state index contributed by atoms with van der Waals surface area (Å²) in [5, 5.41) is 11.9. The van der Waals surface area contributed by atoms with Crippen molar-refractivity contribution in [2.75, 3.05) is 6.61 Å². The van der Waals surface area contributed by atoms with Crippen LogP contribution in [0, 0.1) is 11.3 Å². The van der Waals surface area contributed by atoms with Crippen LogP contribution >= 0.6 is 0 Å². The summed E-state index contributed by atoms with van der Waals surface area (Å²) in [7, 11) is 0. The quantitative estimate of drug-likeness (QED) is 0.608. The molecule has 1 aliphatic carbocycles. The minimum absolute atomic E-state index is 0.0330. The van der Waals surface area contributed by atoms with Gasteiger partial charge in [0, 0.05) is 11.1 Å². The fraction of sp³-hybridized carbons (Fsp3) is 0.333. The molecule has 0 spiro atoms. The predicted molar refractivity (Wildman–Crippen MR) is 99.4 cm³/mol. The van der Waals surface area contributed by atoms with Gasteiger partial charge in [0.05, 0.1) is 6.07 Å². The summed E-state index contributed by atoms with van der Waals surface area (Å²) < 4.78 is 10.5. The normalized spacial score (nSPS) is 14.9. The maximum absolute atomic E-state index is 12.1.